The standard InChI is InChI=1S/C18H24N2O/c1-12-9-10-15(13(2)11-12)20(4)16-7-6-8-17(21-5)18(16)14(3)19/h6-11,14H,19H2,1-5H3. The van der Waals surface area contributed by atoms with Crippen molar-refractivity contribution in [3.8, 4) is 5.75 Å². The van der Waals surface area contributed by atoms with Crippen LogP contribution in [0, 0.1) is 13.8 Å². The Kier molecular flexibility index (Phi) is 4.53. The topological polar surface area (TPSA) is 38.5 Å². The molecule has 1 unspecified atom stereocenters. The quantitative estimate of drug-likeness (QED) is 0.918. The summed E-state index contributed by atoms with van der Waals surface area (Å²) >= 11 is 0. The molecule has 112 valence electrons. The van der Waals surface area contributed by atoms with Gasteiger partial charge in [0.25, 0.3) is 0 Å². The molecule has 0 aliphatic rings. The van der Waals surface area contributed by atoms with E-state index in [2.05, 4.69) is 50.1 Å². The van der Waals surface area contributed by atoms with Gasteiger partial charge >= 0.3 is 0 Å². The van der Waals surface area contributed by atoms with Gasteiger partial charge in [0, 0.05) is 30.0 Å². The van der Waals surface area contributed by atoms with Crippen LogP contribution in [0.1, 0.15) is 29.7 Å². The minimum absolute atomic E-state index is 0.0932. The normalized spacial score (nSPS) is 12.1. The Morgan fingerprint density at radius 1 is 1.10 bits per heavy atom. The molecule has 0 saturated heterocycles. The Hall–Kier alpha value is -2.00. The average Bonchev–Trinajstić information content (AvgIpc) is 2.45. The molecule has 0 bridgehead atoms. The van der Waals surface area contributed by atoms with Crippen molar-refractivity contribution in [3.05, 3.63) is 53.1 Å². The fourth-order valence-electron chi connectivity index (χ4n) is 2.77. The number of methoxy groups -OCH3 is 1. The molecule has 0 aliphatic heterocycles. The first-order chi connectivity index (χ1) is 9.95. The Labute approximate surface area is 127 Å². The van der Waals surface area contributed by atoms with Gasteiger partial charge in [0.15, 0.2) is 0 Å². The number of anilines is 2. The largest absolute Gasteiger partial charge is 0.496 e. The fraction of sp³-hybridized carbons (Fsp3) is 0.333. The predicted molar refractivity (Wildman–Crippen MR) is 89.6 cm³/mol. The molecule has 1 atom stereocenters. The Morgan fingerprint density at radius 3 is 2.38 bits per heavy atom. The number of aryl methyl sites for hydroxylation is 2. The number of hydrogen-bond acceptors (Lipinski definition) is 3. The van der Waals surface area contributed by atoms with E-state index in [4.69, 9.17) is 10.5 Å². The second kappa shape index (κ2) is 6.19. The first-order valence-corrected chi connectivity index (χ1v) is 7.19. The van der Waals surface area contributed by atoms with Crippen LogP contribution in [-0.4, -0.2) is 14.2 Å². The molecule has 0 spiro atoms. The van der Waals surface area contributed by atoms with Crippen LogP contribution in [0.3, 0.4) is 0 Å². The number of benzene rings is 2. The van der Waals surface area contributed by atoms with Crippen LogP contribution in [0.5, 0.6) is 5.75 Å². The number of nitrogens with two attached hydrogens (primary N) is 1. The molecule has 0 fully saturated rings. The SMILES string of the molecule is COc1cccc(N(C)c2ccc(C)cc2C)c1C(C)N. The highest BCUT2D eigenvalue weighted by Gasteiger charge is 2.17. The molecular weight excluding hydrogens is 260 g/mol. The van der Waals surface area contributed by atoms with Crippen LogP contribution >= 0.6 is 0 Å². The molecule has 2 aromatic rings. The highest BCUT2D eigenvalue weighted by atomic mass is 16.5. The molecule has 0 aliphatic carbocycles. The van der Waals surface area contributed by atoms with Gasteiger partial charge in [0.2, 0.25) is 0 Å². The zero-order valence-corrected chi connectivity index (χ0v) is 13.5. The van der Waals surface area contributed by atoms with Gasteiger partial charge in [0.1, 0.15) is 5.75 Å². The minimum Gasteiger partial charge on any atom is -0.496 e. The summed E-state index contributed by atoms with van der Waals surface area (Å²) in [4.78, 5) is 2.18. The lowest BCUT2D eigenvalue weighted by Gasteiger charge is -2.27. The van der Waals surface area contributed by atoms with Crippen LogP contribution in [0.4, 0.5) is 11.4 Å². The van der Waals surface area contributed by atoms with Crippen molar-refractivity contribution >= 4 is 11.4 Å². The summed E-state index contributed by atoms with van der Waals surface area (Å²) in [6, 6.07) is 12.4. The summed E-state index contributed by atoms with van der Waals surface area (Å²) < 4.78 is 5.48. The fourth-order valence-corrected chi connectivity index (χ4v) is 2.77. The highest BCUT2D eigenvalue weighted by molar-refractivity contribution is 5.71. The third kappa shape index (κ3) is 3.03. The van der Waals surface area contributed by atoms with Gasteiger partial charge in [-0.05, 0) is 44.5 Å². The third-order valence-electron chi connectivity index (χ3n) is 3.79. The van der Waals surface area contributed by atoms with Gasteiger partial charge in [-0.2, -0.15) is 0 Å². The molecule has 21 heavy (non-hydrogen) atoms. The second-order valence-electron chi connectivity index (χ2n) is 5.53. The van der Waals surface area contributed by atoms with Crippen molar-refractivity contribution in [2.45, 2.75) is 26.8 Å². The zero-order valence-electron chi connectivity index (χ0n) is 13.5. The van der Waals surface area contributed by atoms with E-state index >= 15 is 0 Å². The van der Waals surface area contributed by atoms with Crippen LogP contribution in [-0.2, 0) is 0 Å². The molecule has 0 amide bonds. The monoisotopic (exact) mass is 284 g/mol. The van der Waals surface area contributed by atoms with E-state index < -0.39 is 0 Å². The van der Waals surface area contributed by atoms with Crippen LogP contribution in [0.15, 0.2) is 36.4 Å². The van der Waals surface area contributed by atoms with E-state index in [1.807, 2.05) is 19.1 Å². The summed E-state index contributed by atoms with van der Waals surface area (Å²) in [7, 11) is 3.75. The maximum Gasteiger partial charge on any atom is 0.125 e. The summed E-state index contributed by atoms with van der Waals surface area (Å²) in [5.41, 5.74) is 12.0. The molecular formula is C18H24N2O. The summed E-state index contributed by atoms with van der Waals surface area (Å²) in [5, 5.41) is 0. The zero-order chi connectivity index (χ0) is 15.6. The van der Waals surface area contributed by atoms with Crippen molar-refractivity contribution in [2.24, 2.45) is 5.73 Å². The molecule has 2 N–H and O–H groups in total. The number of nitrogens with zero attached hydrogens (tertiary/aromatic N) is 1. The van der Waals surface area contributed by atoms with E-state index in [0.29, 0.717) is 0 Å². The molecule has 2 rings (SSSR count). The van der Waals surface area contributed by atoms with Gasteiger partial charge in [0.05, 0.1) is 7.11 Å². The van der Waals surface area contributed by atoms with Crippen molar-refractivity contribution in [1.82, 2.24) is 0 Å². The van der Waals surface area contributed by atoms with Gasteiger partial charge in [-0.25, -0.2) is 0 Å². The van der Waals surface area contributed by atoms with Crippen LogP contribution in [0.25, 0.3) is 0 Å². The Bertz CT molecular complexity index is 635. The first-order valence-electron chi connectivity index (χ1n) is 7.19. The molecule has 0 radical (unpaired) electrons. The lowest BCUT2D eigenvalue weighted by molar-refractivity contribution is 0.407. The van der Waals surface area contributed by atoms with Gasteiger partial charge in [-0.1, -0.05) is 23.8 Å². The maximum atomic E-state index is 6.16. The van der Waals surface area contributed by atoms with E-state index in [0.717, 1.165) is 17.0 Å². The highest BCUT2D eigenvalue weighted by Crippen LogP contribution is 2.37. The summed E-state index contributed by atoms with van der Waals surface area (Å²) in [6.07, 6.45) is 0. The molecule has 2 aromatic carbocycles. The molecule has 0 heterocycles. The number of ether oxygens (including phenoxy) is 1. The first kappa shape index (κ1) is 15.4. The van der Waals surface area contributed by atoms with Gasteiger partial charge in [-0.3, -0.25) is 0 Å². The molecule has 3 nitrogen and oxygen atoms in total. The summed E-state index contributed by atoms with van der Waals surface area (Å²) in [5.74, 6) is 0.833. The Balaban J connectivity index is 2.55. The van der Waals surface area contributed by atoms with Crippen molar-refractivity contribution in [2.75, 3.05) is 19.1 Å². The molecule has 3 heteroatoms. The lowest BCUT2D eigenvalue weighted by Crippen LogP contribution is -2.17. The van der Waals surface area contributed by atoms with E-state index in [1.165, 1.54) is 16.8 Å². The second-order valence-corrected chi connectivity index (χ2v) is 5.53. The smallest absolute Gasteiger partial charge is 0.125 e. The number of hydrogen-bond donors (Lipinski definition) is 1. The van der Waals surface area contributed by atoms with E-state index in [1.54, 1.807) is 7.11 Å². The summed E-state index contributed by atoms with van der Waals surface area (Å²) in [6.45, 7) is 6.22. The van der Waals surface area contributed by atoms with Crippen LogP contribution in [0.2, 0.25) is 0 Å². The number of rotatable bonds is 4. The lowest BCUT2D eigenvalue weighted by atomic mass is 10.0. The molecule has 0 aromatic heterocycles. The Morgan fingerprint density at radius 2 is 1.81 bits per heavy atom. The molecule has 0 saturated carbocycles. The van der Waals surface area contributed by atoms with Crippen LogP contribution < -0.4 is 15.4 Å². The predicted octanol–water partition coefficient (Wildman–Crippen LogP) is 4.10. The maximum absolute atomic E-state index is 6.16. The van der Waals surface area contributed by atoms with Gasteiger partial charge < -0.3 is 15.4 Å². The minimum atomic E-state index is -0.0932. The average molecular weight is 284 g/mol. The van der Waals surface area contributed by atoms with Crippen molar-refractivity contribution in [3.63, 3.8) is 0 Å². The van der Waals surface area contributed by atoms with Gasteiger partial charge in [-0.15, -0.1) is 0 Å². The van der Waals surface area contributed by atoms with E-state index in [-0.39, 0.29) is 6.04 Å². The van der Waals surface area contributed by atoms with Crippen molar-refractivity contribution in [1.29, 1.82) is 0 Å². The van der Waals surface area contributed by atoms with Crippen molar-refractivity contribution < 1.29 is 4.74 Å². The van der Waals surface area contributed by atoms with E-state index in [9.17, 15) is 0 Å². The third-order valence-corrected chi connectivity index (χ3v) is 3.79.